The zero-order valence-electron chi connectivity index (χ0n) is 18.0. The number of methoxy groups -OCH3 is 3. The fourth-order valence-corrected chi connectivity index (χ4v) is 2.24. The van der Waals surface area contributed by atoms with Gasteiger partial charge in [0.1, 0.15) is 0 Å². The van der Waals surface area contributed by atoms with Gasteiger partial charge in [0.05, 0.1) is 21.3 Å². The van der Waals surface area contributed by atoms with Crippen LogP contribution in [0.25, 0.3) is 0 Å². The Morgan fingerprint density at radius 2 is 1.33 bits per heavy atom. The van der Waals surface area contributed by atoms with Gasteiger partial charge in [0, 0.05) is 46.8 Å². The molecule has 3 heterocycles. The van der Waals surface area contributed by atoms with Crippen LogP contribution in [0.3, 0.4) is 0 Å². The minimum absolute atomic E-state index is 0.535. The van der Waals surface area contributed by atoms with Crippen LogP contribution in [0.2, 0.25) is 0 Å². The summed E-state index contributed by atoms with van der Waals surface area (Å²) in [4.78, 5) is 22.1. The summed E-state index contributed by atoms with van der Waals surface area (Å²) in [5.41, 5.74) is 3.78. The molecule has 7 nitrogen and oxygen atoms in total. The van der Waals surface area contributed by atoms with Crippen LogP contribution in [0.1, 0.15) is 27.0 Å². The Balaban J connectivity index is 0.000000226. The summed E-state index contributed by atoms with van der Waals surface area (Å²) in [5, 5.41) is 0. The quantitative estimate of drug-likeness (QED) is 0.502. The first kappa shape index (κ1) is 25.0. The summed E-state index contributed by atoms with van der Waals surface area (Å²) in [6.07, 6.45) is 5.74. The summed E-state index contributed by atoms with van der Waals surface area (Å²) >= 11 is 3.34. The van der Waals surface area contributed by atoms with Crippen LogP contribution < -0.4 is 14.2 Å². The highest BCUT2D eigenvalue weighted by molar-refractivity contribution is 9.10. The van der Waals surface area contributed by atoms with Crippen LogP contribution in [0.15, 0.2) is 47.3 Å². The SMILES string of the molecule is COc1cc(C)c(Br)cn1.COc1cc(C)c(C=O)cn1.COc1cc(C)ccn1. The number of carbonyl (C=O) groups is 1. The Kier molecular flexibility index (Phi) is 11.1. The molecule has 0 atom stereocenters. The van der Waals surface area contributed by atoms with Crippen molar-refractivity contribution < 1.29 is 19.0 Å². The van der Waals surface area contributed by atoms with Gasteiger partial charge in [-0.3, -0.25) is 4.79 Å². The molecule has 0 bridgehead atoms. The predicted molar refractivity (Wildman–Crippen MR) is 120 cm³/mol. The van der Waals surface area contributed by atoms with E-state index in [0.717, 1.165) is 21.9 Å². The van der Waals surface area contributed by atoms with E-state index >= 15 is 0 Å². The van der Waals surface area contributed by atoms with Crippen LogP contribution in [0.5, 0.6) is 17.6 Å². The maximum atomic E-state index is 10.3. The third-order valence-electron chi connectivity index (χ3n) is 3.79. The molecule has 0 amide bonds. The van der Waals surface area contributed by atoms with Crippen molar-refractivity contribution in [3.63, 3.8) is 0 Å². The van der Waals surface area contributed by atoms with Gasteiger partial charge in [-0.15, -0.1) is 0 Å². The fourth-order valence-electron chi connectivity index (χ4n) is 2.02. The van der Waals surface area contributed by atoms with Gasteiger partial charge in [0.2, 0.25) is 17.6 Å². The van der Waals surface area contributed by atoms with Crippen molar-refractivity contribution in [1.29, 1.82) is 0 Å². The fraction of sp³-hybridized carbons (Fsp3) is 0.273. The Bertz CT molecular complexity index is 951. The molecule has 160 valence electrons. The van der Waals surface area contributed by atoms with Crippen LogP contribution in [-0.2, 0) is 0 Å². The minimum Gasteiger partial charge on any atom is -0.481 e. The van der Waals surface area contributed by atoms with E-state index in [9.17, 15) is 4.79 Å². The molecule has 0 saturated carbocycles. The van der Waals surface area contributed by atoms with Gasteiger partial charge in [0.15, 0.2) is 6.29 Å². The normalized spacial score (nSPS) is 9.30. The van der Waals surface area contributed by atoms with Gasteiger partial charge in [-0.2, -0.15) is 0 Å². The van der Waals surface area contributed by atoms with Crippen LogP contribution >= 0.6 is 15.9 Å². The molecule has 3 aromatic heterocycles. The molecule has 0 aliphatic rings. The van der Waals surface area contributed by atoms with Crippen molar-refractivity contribution in [3.8, 4) is 17.6 Å². The van der Waals surface area contributed by atoms with E-state index in [2.05, 4.69) is 30.9 Å². The molecule has 30 heavy (non-hydrogen) atoms. The zero-order valence-corrected chi connectivity index (χ0v) is 19.6. The molecule has 0 N–H and O–H groups in total. The Hall–Kier alpha value is -3.00. The summed E-state index contributed by atoms with van der Waals surface area (Å²) in [6, 6.07) is 7.43. The molecule has 0 unspecified atom stereocenters. The number of aryl methyl sites for hydroxylation is 3. The number of hydrogen-bond donors (Lipinski definition) is 0. The van der Waals surface area contributed by atoms with Crippen molar-refractivity contribution in [3.05, 3.63) is 69.6 Å². The van der Waals surface area contributed by atoms with Gasteiger partial charge in [-0.1, -0.05) is 0 Å². The molecule has 0 aromatic carbocycles. The maximum absolute atomic E-state index is 10.3. The second-order valence-electron chi connectivity index (χ2n) is 6.05. The van der Waals surface area contributed by atoms with Crippen LogP contribution in [-0.4, -0.2) is 42.6 Å². The number of hydrogen-bond acceptors (Lipinski definition) is 7. The van der Waals surface area contributed by atoms with Gasteiger partial charge in [-0.25, -0.2) is 15.0 Å². The van der Waals surface area contributed by atoms with E-state index in [0.29, 0.717) is 23.2 Å². The first-order chi connectivity index (χ1) is 14.3. The molecular weight excluding hydrogens is 450 g/mol. The number of carbonyl (C=O) groups excluding carboxylic acids is 1. The van der Waals surface area contributed by atoms with E-state index in [1.165, 1.54) is 11.8 Å². The lowest BCUT2D eigenvalue weighted by Gasteiger charge is -2.00. The highest BCUT2D eigenvalue weighted by Gasteiger charge is 1.98. The lowest BCUT2D eigenvalue weighted by atomic mass is 10.2. The summed E-state index contributed by atoms with van der Waals surface area (Å²) in [6.45, 7) is 5.84. The molecule has 3 rings (SSSR count). The molecule has 3 aromatic rings. The van der Waals surface area contributed by atoms with Crippen molar-refractivity contribution in [2.24, 2.45) is 0 Å². The molecular formula is C22H26BrN3O4. The summed E-state index contributed by atoms with van der Waals surface area (Å²) in [5.74, 6) is 1.86. The first-order valence-corrected chi connectivity index (χ1v) is 9.72. The first-order valence-electron chi connectivity index (χ1n) is 8.93. The third kappa shape index (κ3) is 8.57. The lowest BCUT2D eigenvalue weighted by molar-refractivity contribution is 0.112. The van der Waals surface area contributed by atoms with Gasteiger partial charge in [-0.05, 0) is 59.5 Å². The van der Waals surface area contributed by atoms with Crippen molar-refractivity contribution in [1.82, 2.24) is 15.0 Å². The van der Waals surface area contributed by atoms with E-state index in [4.69, 9.17) is 14.2 Å². The van der Waals surface area contributed by atoms with Crippen LogP contribution in [0, 0.1) is 20.8 Å². The molecule has 0 fully saturated rings. The summed E-state index contributed by atoms with van der Waals surface area (Å²) in [7, 11) is 4.76. The largest absolute Gasteiger partial charge is 0.481 e. The number of nitrogens with zero attached hydrogens (tertiary/aromatic N) is 3. The monoisotopic (exact) mass is 475 g/mol. The number of aromatic nitrogens is 3. The van der Waals surface area contributed by atoms with Crippen molar-refractivity contribution in [2.75, 3.05) is 21.3 Å². The second kappa shape index (κ2) is 13.3. The van der Waals surface area contributed by atoms with Crippen molar-refractivity contribution >= 4 is 22.2 Å². The lowest BCUT2D eigenvalue weighted by Crippen LogP contribution is -1.92. The van der Waals surface area contributed by atoms with Crippen LogP contribution in [0.4, 0.5) is 0 Å². The smallest absolute Gasteiger partial charge is 0.213 e. The van der Waals surface area contributed by atoms with E-state index in [1.54, 1.807) is 39.8 Å². The molecule has 0 radical (unpaired) electrons. The highest BCUT2D eigenvalue weighted by atomic mass is 79.9. The molecule has 0 spiro atoms. The van der Waals surface area contributed by atoms with Gasteiger partial charge in [0.25, 0.3) is 0 Å². The third-order valence-corrected chi connectivity index (χ3v) is 4.62. The van der Waals surface area contributed by atoms with Gasteiger partial charge >= 0.3 is 0 Å². The number of aldehydes is 1. The van der Waals surface area contributed by atoms with Crippen molar-refractivity contribution in [2.45, 2.75) is 20.8 Å². The maximum Gasteiger partial charge on any atom is 0.213 e. The average molecular weight is 476 g/mol. The average Bonchev–Trinajstić information content (AvgIpc) is 2.76. The highest BCUT2D eigenvalue weighted by Crippen LogP contribution is 2.17. The minimum atomic E-state index is 0.535. The number of halogens is 1. The molecule has 0 aliphatic carbocycles. The number of rotatable bonds is 4. The Morgan fingerprint density at radius 3 is 1.77 bits per heavy atom. The van der Waals surface area contributed by atoms with Gasteiger partial charge < -0.3 is 14.2 Å². The van der Waals surface area contributed by atoms with E-state index in [-0.39, 0.29) is 0 Å². The zero-order chi connectivity index (χ0) is 22.5. The standard InChI is InChI=1S/C8H9NO2.C7H8BrNO.C7H9NO/c1-6-3-8(11-2)9-4-7(6)5-10;1-5-3-7(10-2)9-4-6(5)8;1-6-3-4-8-7(5-6)9-2/h3-5H,1-2H3;3-4H,1-2H3;3-5H,1-2H3. The van der Waals surface area contributed by atoms with E-state index in [1.807, 2.05) is 39.0 Å². The molecule has 0 saturated heterocycles. The van der Waals surface area contributed by atoms with E-state index < -0.39 is 0 Å². The second-order valence-corrected chi connectivity index (χ2v) is 6.91. The Labute approximate surface area is 185 Å². The summed E-state index contributed by atoms with van der Waals surface area (Å²) < 4.78 is 15.7. The number of pyridine rings is 3. The molecule has 8 heteroatoms. The predicted octanol–water partition coefficient (Wildman–Crippen LogP) is 4.77. The number of ether oxygens (including phenoxy) is 3. The Morgan fingerprint density at radius 1 is 0.800 bits per heavy atom. The topological polar surface area (TPSA) is 83.4 Å². The molecule has 0 aliphatic heterocycles.